The molecule has 0 aliphatic carbocycles. The van der Waals surface area contributed by atoms with Crippen molar-refractivity contribution >= 4 is 11.9 Å². The first kappa shape index (κ1) is 59.6. The van der Waals surface area contributed by atoms with Crippen molar-refractivity contribution in [1.82, 2.24) is 0 Å². The molecule has 0 bridgehead atoms. The van der Waals surface area contributed by atoms with Gasteiger partial charge in [-0.25, -0.2) is 0 Å². The van der Waals surface area contributed by atoms with Gasteiger partial charge in [0.25, 0.3) is 0 Å². The number of rotatable bonds is 38. The van der Waals surface area contributed by atoms with Gasteiger partial charge in [-0.1, -0.05) is 133 Å². The maximum absolute atomic E-state index is 13.0. The fourth-order valence-electron chi connectivity index (χ4n) is 7.64. The van der Waals surface area contributed by atoms with E-state index in [-0.39, 0.29) is 19.4 Å². The van der Waals surface area contributed by atoms with Crippen molar-refractivity contribution in [2.24, 2.45) is 0 Å². The van der Waals surface area contributed by atoms with Gasteiger partial charge < -0.3 is 64.2 Å². The van der Waals surface area contributed by atoms with Gasteiger partial charge in [-0.15, -0.1) is 0 Å². The van der Waals surface area contributed by atoms with Crippen molar-refractivity contribution in [3.8, 4) is 0 Å². The standard InChI is InChI=1S/C51H88O15/c1-3-5-7-9-11-13-15-17-19-21-23-25-27-29-31-33-42(53)61-36-39(64-43(54)34-32-30-28-26-24-22-20-18-16-14-12-10-8-6-4-2)37-62-50-49(60)47(58)45(56)41(66-50)38-63-51-48(59)46(57)44(55)40(35-52)65-51/h5,7,11,13,17,19,24,26,39-41,44-52,55-60H,3-4,6,8-10,12,14-16,18,20-23,25,27-38H2,1-2H3/b7-5+,13-11+,19-17+,26-24+/t39-,40-,41-,44+,45+,46?,47?,48?,49?,50-,51-/m1/s1. The molecule has 4 unspecified atom stereocenters. The van der Waals surface area contributed by atoms with E-state index >= 15 is 0 Å². The molecule has 0 saturated carbocycles. The van der Waals surface area contributed by atoms with Crippen molar-refractivity contribution < 1.29 is 73.8 Å². The minimum Gasteiger partial charge on any atom is -0.462 e. The fraction of sp³-hybridized carbons (Fsp3) is 0.804. The Labute approximate surface area is 395 Å². The number of ether oxygens (including phenoxy) is 6. The van der Waals surface area contributed by atoms with Crippen LogP contribution in [0.2, 0.25) is 0 Å². The molecule has 382 valence electrons. The minimum atomic E-state index is -1.77. The van der Waals surface area contributed by atoms with Crippen molar-refractivity contribution in [3.63, 3.8) is 0 Å². The highest BCUT2D eigenvalue weighted by atomic mass is 16.7. The molecular weight excluding hydrogens is 853 g/mol. The Hall–Kier alpha value is -2.54. The van der Waals surface area contributed by atoms with Gasteiger partial charge in [0.1, 0.15) is 55.4 Å². The van der Waals surface area contributed by atoms with E-state index in [0.29, 0.717) is 12.8 Å². The van der Waals surface area contributed by atoms with Crippen LogP contribution >= 0.6 is 0 Å². The SMILES string of the molecule is CC/C=C/C/C=C/C/C=C/CCCCCCCC(=O)OC[C@H](CO[C@@H]1O[C@H](CO[C@@H]2O[C@H](CO)[C@H](O)C(O)C2O)[C@H](O)C(O)C1O)OC(=O)CCCC/C=C/CCCCCCCCCCC. The van der Waals surface area contributed by atoms with Crippen molar-refractivity contribution in [1.29, 1.82) is 0 Å². The van der Waals surface area contributed by atoms with Crippen LogP contribution in [0.3, 0.4) is 0 Å². The maximum atomic E-state index is 13.0. The molecule has 2 rings (SSSR count). The third kappa shape index (κ3) is 26.3. The molecule has 0 aromatic carbocycles. The van der Waals surface area contributed by atoms with Crippen LogP contribution in [0.5, 0.6) is 0 Å². The molecule has 2 fully saturated rings. The molecule has 2 saturated heterocycles. The highest BCUT2D eigenvalue weighted by Gasteiger charge is 2.47. The monoisotopic (exact) mass is 941 g/mol. The van der Waals surface area contributed by atoms with Crippen LogP contribution in [0.1, 0.15) is 168 Å². The van der Waals surface area contributed by atoms with E-state index < -0.39 is 99.3 Å². The number of carbonyl (C=O) groups is 2. The summed E-state index contributed by atoms with van der Waals surface area (Å²) in [5, 5.41) is 72.0. The number of allylic oxidation sites excluding steroid dienone is 8. The normalized spacial score (nSPS) is 26.6. The first-order valence-electron chi connectivity index (χ1n) is 25.2. The predicted octanol–water partition coefficient (Wildman–Crippen LogP) is 6.71. The van der Waals surface area contributed by atoms with Gasteiger partial charge in [-0.05, 0) is 70.6 Å². The van der Waals surface area contributed by atoms with Crippen LogP contribution in [-0.2, 0) is 38.0 Å². The summed E-state index contributed by atoms with van der Waals surface area (Å²) in [6.07, 6.45) is 24.3. The predicted molar refractivity (Wildman–Crippen MR) is 252 cm³/mol. The van der Waals surface area contributed by atoms with Crippen molar-refractivity contribution in [2.75, 3.05) is 26.4 Å². The third-order valence-electron chi connectivity index (χ3n) is 11.8. The molecule has 0 radical (unpaired) electrons. The summed E-state index contributed by atoms with van der Waals surface area (Å²) < 4.78 is 33.5. The molecule has 0 aromatic heterocycles. The average Bonchev–Trinajstić information content (AvgIpc) is 3.31. The Morgan fingerprint density at radius 3 is 1.55 bits per heavy atom. The van der Waals surface area contributed by atoms with Gasteiger partial charge in [-0.3, -0.25) is 9.59 Å². The Bertz CT molecular complexity index is 1340. The molecule has 0 spiro atoms. The summed E-state index contributed by atoms with van der Waals surface area (Å²) in [6.45, 7) is 2.43. The molecular formula is C51H88O15. The summed E-state index contributed by atoms with van der Waals surface area (Å²) in [6, 6.07) is 0. The molecule has 7 N–H and O–H groups in total. The van der Waals surface area contributed by atoms with Gasteiger partial charge in [0.15, 0.2) is 18.7 Å². The zero-order chi connectivity index (χ0) is 48.2. The van der Waals surface area contributed by atoms with E-state index in [2.05, 4.69) is 62.5 Å². The van der Waals surface area contributed by atoms with Crippen LogP contribution < -0.4 is 0 Å². The molecule has 0 amide bonds. The number of hydrogen-bond acceptors (Lipinski definition) is 15. The third-order valence-corrected chi connectivity index (χ3v) is 11.8. The lowest BCUT2D eigenvalue weighted by Gasteiger charge is -2.42. The molecule has 0 aromatic rings. The smallest absolute Gasteiger partial charge is 0.306 e. The molecule has 15 nitrogen and oxygen atoms in total. The number of carbonyl (C=O) groups excluding carboxylic acids is 2. The Kier molecular flexibility index (Phi) is 34.6. The largest absolute Gasteiger partial charge is 0.462 e. The Morgan fingerprint density at radius 1 is 0.500 bits per heavy atom. The quantitative estimate of drug-likeness (QED) is 0.0194. The van der Waals surface area contributed by atoms with E-state index in [0.717, 1.165) is 70.6 Å². The lowest BCUT2D eigenvalue weighted by Crippen LogP contribution is -2.61. The average molecular weight is 941 g/mol. The second-order valence-corrected chi connectivity index (χ2v) is 17.6. The number of esters is 2. The summed E-state index contributed by atoms with van der Waals surface area (Å²) >= 11 is 0. The highest BCUT2D eigenvalue weighted by molar-refractivity contribution is 5.70. The maximum Gasteiger partial charge on any atom is 0.306 e. The lowest BCUT2D eigenvalue weighted by atomic mass is 9.98. The highest BCUT2D eigenvalue weighted by Crippen LogP contribution is 2.26. The zero-order valence-corrected chi connectivity index (χ0v) is 40.2. The van der Waals surface area contributed by atoms with Crippen LogP contribution in [0.25, 0.3) is 0 Å². The summed E-state index contributed by atoms with van der Waals surface area (Å²) in [4.78, 5) is 25.7. The fourth-order valence-corrected chi connectivity index (χ4v) is 7.64. The van der Waals surface area contributed by atoms with Gasteiger partial charge in [0.05, 0.1) is 19.8 Å². The number of unbranched alkanes of at least 4 members (excludes halogenated alkanes) is 16. The van der Waals surface area contributed by atoms with Crippen LogP contribution in [0.15, 0.2) is 48.6 Å². The minimum absolute atomic E-state index is 0.130. The van der Waals surface area contributed by atoms with Crippen LogP contribution in [0, 0.1) is 0 Å². The molecule has 15 heteroatoms. The van der Waals surface area contributed by atoms with Gasteiger partial charge in [0, 0.05) is 12.8 Å². The number of hydrogen-bond donors (Lipinski definition) is 7. The van der Waals surface area contributed by atoms with E-state index in [1.165, 1.54) is 57.8 Å². The van der Waals surface area contributed by atoms with Crippen molar-refractivity contribution in [3.05, 3.63) is 48.6 Å². The summed E-state index contributed by atoms with van der Waals surface area (Å²) in [5.74, 6) is -0.972. The topological polar surface area (TPSA) is 231 Å². The molecule has 66 heavy (non-hydrogen) atoms. The Morgan fingerprint density at radius 2 is 0.955 bits per heavy atom. The zero-order valence-electron chi connectivity index (χ0n) is 40.2. The van der Waals surface area contributed by atoms with Crippen LogP contribution in [-0.4, -0.2) is 142 Å². The van der Waals surface area contributed by atoms with Gasteiger partial charge in [-0.2, -0.15) is 0 Å². The van der Waals surface area contributed by atoms with Gasteiger partial charge >= 0.3 is 11.9 Å². The summed E-state index contributed by atoms with van der Waals surface area (Å²) in [7, 11) is 0. The van der Waals surface area contributed by atoms with Gasteiger partial charge in [0.2, 0.25) is 0 Å². The molecule has 2 heterocycles. The summed E-state index contributed by atoms with van der Waals surface area (Å²) in [5.41, 5.74) is 0. The second kappa shape index (κ2) is 38.3. The van der Waals surface area contributed by atoms with E-state index in [4.69, 9.17) is 28.4 Å². The van der Waals surface area contributed by atoms with Crippen LogP contribution in [0.4, 0.5) is 0 Å². The van der Waals surface area contributed by atoms with E-state index in [9.17, 15) is 45.3 Å². The first-order valence-corrected chi connectivity index (χ1v) is 25.2. The van der Waals surface area contributed by atoms with E-state index in [1.54, 1.807) is 0 Å². The molecule has 2 aliphatic heterocycles. The van der Waals surface area contributed by atoms with Crippen molar-refractivity contribution in [2.45, 2.75) is 235 Å². The molecule has 11 atom stereocenters. The first-order chi connectivity index (χ1) is 32.0. The number of aliphatic hydroxyl groups is 7. The van der Waals surface area contributed by atoms with E-state index in [1.807, 2.05) is 0 Å². The number of aliphatic hydroxyl groups excluding tert-OH is 7. The Balaban J connectivity index is 1.84. The lowest BCUT2D eigenvalue weighted by molar-refractivity contribution is -0.332. The second-order valence-electron chi connectivity index (χ2n) is 17.6. The molecule has 2 aliphatic rings.